The van der Waals surface area contributed by atoms with Crippen LogP contribution in [0.2, 0.25) is 0 Å². The molecule has 0 spiro atoms. The highest BCUT2D eigenvalue weighted by atomic mass is 35.6. The zero-order valence-electron chi connectivity index (χ0n) is 7.27. The molecule has 0 bridgehead atoms. The quantitative estimate of drug-likeness (QED) is 0.343. The molecule has 0 aliphatic rings. The molecular weight excluding hydrogens is 232 g/mol. The Hall–Kier alpha value is -0.100. The highest BCUT2D eigenvalue weighted by Crippen LogP contribution is 2.28. The van der Waals surface area contributed by atoms with Crippen molar-refractivity contribution in [2.75, 3.05) is 0 Å². The molecule has 0 saturated heterocycles. The summed E-state index contributed by atoms with van der Waals surface area (Å²) in [5.41, 5.74) is 0. The molecule has 0 aliphatic carbocycles. The maximum absolute atomic E-state index is 7.25. The first-order chi connectivity index (χ1) is 5.79. The minimum Gasteiger partial charge on any atom is -0.461 e. The Morgan fingerprint density at radius 1 is 1.46 bits per heavy atom. The zero-order chi connectivity index (χ0) is 10.6. The van der Waals surface area contributed by atoms with E-state index in [4.69, 9.17) is 51.4 Å². The van der Waals surface area contributed by atoms with E-state index in [0.717, 1.165) is 0 Å². The molecular formula is C8H10Cl3NO. The lowest BCUT2D eigenvalue weighted by Crippen LogP contribution is -2.29. The number of halogens is 3. The van der Waals surface area contributed by atoms with Gasteiger partial charge in [-0.1, -0.05) is 54.6 Å². The van der Waals surface area contributed by atoms with E-state index in [1.807, 2.05) is 13.8 Å². The van der Waals surface area contributed by atoms with Crippen molar-refractivity contribution < 1.29 is 4.74 Å². The van der Waals surface area contributed by atoms with Gasteiger partial charge in [-0.05, 0) is 0 Å². The van der Waals surface area contributed by atoms with Crippen molar-refractivity contribution in [3.63, 3.8) is 0 Å². The standard InChI is InChI=1S/C8H10Cl3NO/c1-4-6(5(2)3)13-7(12)8(9,10)11/h1,5-6,12H,2-3H3. The lowest BCUT2D eigenvalue weighted by molar-refractivity contribution is 0.188. The van der Waals surface area contributed by atoms with E-state index >= 15 is 0 Å². The van der Waals surface area contributed by atoms with Gasteiger partial charge in [0.25, 0.3) is 3.79 Å². The molecule has 0 aromatic heterocycles. The van der Waals surface area contributed by atoms with Gasteiger partial charge in [-0.15, -0.1) is 6.42 Å². The van der Waals surface area contributed by atoms with Crippen LogP contribution in [-0.4, -0.2) is 15.8 Å². The molecule has 0 radical (unpaired) electrons. The molecule has 0 amide bonds. The number of nitrogens with one attached hydrogen (secondary N) is 1. The van der Waals surface area contributed by atoms with Crippen molar-refractivity contribution in [1.82, 2.24) is 0 Å². The highest BCUT2D eigenvalue weighted by molar-refractivity contribution is 6.76. The van der Waals surface area contributed by atoms with Gasteiger partial charge in [0.05, 0.1) is 0 Å². The Morgan fingerprint density at radius 3 is 2.15 bits per heavy atom. The van der Waals surface area contributed by atoms with Gasteiger partial charge in [0.15, 0.2) is 6.10 Å². The third-order valence-electron chi connectivity index (χ3n) is 1.27. The van der Waals surface area contributed by atoms with Crippen molar-refractivity contribution in [2.45, 2.75) is 23.7 Å². The van der Waals surface area contributed by atoms with Gasteiger partial charge in [-0.3, -0.25) is 5.41 Å². The first-order valence-corrected chi connectivity index (χ1v) is 4.71. The highest BCUT2D eigenvalue weighted by Gasteiger charge is 2.30. The number of hydrogen-bond acceptors (Lipinski definition) is 2. The van der Waals surface area contributed by atoms with Gasteiger partial charge in [-0.2, -0.15) is 0 Å². The lowest BCUT2D eigenvalue weighted by Gasteiger charge is -2.20. The lowest BCUT2D eigenvalue weighted by atomic mass is 10.1. The molecule has 0 aliphatic heterocycles. The van der Waals surface area contributed by atoms with E-state index in [1.165, 1.54) is 0 Å². The minimum absolute atomic E-state index is 0.0673. The van der Waals surface area contributed by atoms with Gasteiger partial charge < -0.3 is 4.74 Å². The van der Waals surface area contributed by atoms with E-state index in [-0.39, 0.29) is 5.92 Å². The zero-order valence-corrected chi connectivity index (χ0v) is 9.54. The summed E-state index contributed by atoms with van der Waals surface area (Å²) in [4.78, 5) is 0. The van der Waals surface area contributed by atoms with E-state index < -0.39 is 15.8 Å². The second kappa shape index (κ2) is 4.95. The van der Waals surface area contributed by atoms with E-state index in [1.54, 1.807) is 0 Å². The Kier molecular flexibility index (Phi) is 4.91. The SMILES string of the molecule is C#CC(OC(=N)C(Cl)(Cl)Cl)C(C)C. The van der Waals surface area contributed by atoms with Crippen molar-refractivity contribution in [3.8, 4) is 12.3 Å². The first-order valence-electron chi connectivity index (χ1n) is 3.57. The summed E-state index contributed by atoms with van der Waals surface area (Å²) in [5.74, 6) is 1.98. The van der Waals surface area contributed by atoms with Gasteiger partial charge in [0, 0.05) is 5.92 Å². The Balaban J connectivity index is 4.29. The molecule has 1 atom stereocenters. The van der Waals surface area contributed by atoms with Crippen LogP contribution in [0.4, 0.5) is 0 Å². The topological polar surface area (TPSA) is 33.1 Å². The molecule has 1 N–H and O–H groups in total. The molecule has 0 fully saturated rings. The smallest absolute Gasteiger partial charge is 0.265 e. The Morgan fingerprint density at radius 2 is 1.92 bits per heavy atom. The summed E-state index contributed by atoms with van der Waals surface area (Å²) in [5, 5.41) is 7.25. The molecule has 0 saturated carbocycles. The van der Waals surface area contributed by atoms with Crippen molar-refractivity contribution in [2.24, 2.45) is 5.92 Å². The summed E-state index contributed by atoms with van der Waals surface area (Å²) in [7, 11) is 0. The summed E-state index contributed by atoms with van der Waals surface area (Å²) in [6, 6.07) is 0. The predicted octanol–water partition coefficient (Wildman–Crippen LogP) is 3.01. The Bertz CT molecular complexity index is 227. The third kappa shape index (κ3) is 4.61. The maximum atomic E-state index is 7.25. The number of rotatable bonds is 2. The molecule has 2 nitrogen and oxygen atoms in total. The van der Waals surface area contributed by atoms with Crippen molar-refractivity contribution in [1.29, 1.82) is 5.41 Å². The van der Waals surface area contributed by atoms with Crippen LogP contribution < -0.4 is 0 Å². The van der Waals surface area contributed by atoms with Gasteiger partial charge >= 0.3 is 0 Å². The average Bonchev–Trinajstić information content (AvgIpc) is 1.96. The van der Waals surface area contributed by atoms with Crippen LogP contribution >= 0.6 is 34.8 Å². The van der Waals surface area contributed by atoms with E-state index in [9.17, 15) is 0 Å². The second-order valence-electron chi connectivity index (χ2n) is 2.78. The number of alkyl halides is 3. The minimum atomic E-state index is -1.84. The van der Waals surface area contributed by atoms with Gasteiger partial charge in [0.1, 0.15) is 0 Å². The van der Waals surface area contributed by atoms with Crippen molar-refractivity contribution in [3.05, 3.63) is 0 Å². The van der Waals surface area contributed by atoms with Gasteiger partial charge in [0.2, 0.25) is 5.90 Å². The average molecular weight is 243 g/mol. The van der Waals surface area contributed by atoms with Crippen LogP contribution in [0.5, 0.6) is 0 Å². The van der Waals surface area contributed by atoms with Crippen LogP contribution in [0.15, 0.2) is 0 Å². The fraction of sp³-hybridized carbons (Fsp3) is 0.625. The summed E-state index contributed by atoms with van der Waals surface area (Å²) in [6.45, 7) is 3.71. The largest absolute Gasteiger partial charge is 0.461 e. The fourth-order valence-corrected chi connectivity index (χ4v) is 0.690. The van der Waals surface area contributed by atoms with Crippen molar-refractivity contribution >= 4 is 40.7 Å². The molecule has 13 heavy (non-hydrogen) atoms. The predicted molar refractivity (Wildman–Crippen MR) is 56.6 cm³/mol. The summed E-state index contributed by atoms with van der Waals surface area (Å²) >= 11 is 16.2. The number of terminal acetylenes is 1. The van der Waals surface area contributed by atoms with Gasteiger partial charge in [-0.25, -0.2) is 0 Å². The molecule has 0 heterocycles. The third-order valence-corrected chi connectivity index (χ3v) is 1.79. The fourth-order valence-electron chi connectivity index (χ4n) is 0.556. The van der Waals surface area contributed by atoms with E-state index in [2.05, 4.69) is 5.92 Å². The van der Waals surface area contributed by atoms with Crippen LogP contribution in [0.3, 0.4) is 0 Å². The Labute approximate surface area is 93.0 Å². The maximum Gasteiger partial charge on any atom is 0.265 e. The van der Waals surface area contributed by atoms with Crippen LogP contribution in [-0.2, 0) is 4.74 Å². The number of hydrogen-bond donors (Lipinski definition) is 1. The normalized spacial score (nSPS) is 13.6. The first kappa shape index (κ1) is 12.9. The van der Waals surface area contributed by atoms with E-state index in [0.29, 0.717) is 0 Å². The second-order valence-corrected chi connectivity index (χ2v) is 5.06. The van der Waals surface area contributed by atoms with Crippen LogP contribution in [0.25, 0.3) is 0 Å². The molecule has 0 aromatic rings. The molecule has 1 unspecified atom stereocenters. The van der Waals surface area contributed by atoms with Crippen LogP contribution in [0.1, 0.15) is 13.8 Å². The summed E-state index contributed by atoms with van der Waals surface area (Å²) in [6.07, 6.45) is 4.63. The molecule has 74 valence electrons. The summed E-state index contributed by atoms with van der Waals surface area (Å²) < 4.78 is 3.13. The molecule has 0 aromatic carbocycles. The monoisotopic (exact) mass is 241 g/mol. The molecule has 0 rings (SSSR count). The van der Waals surface area contributed by atoms with Crippen LogP contribution in [0, 0.1) is 23.7 Å². The number of ether oxygens (including phenoxy) is 1. The molecule has 5 heteroatoms.